The van der Waals surface area contributed by atoms with Crippen molar-refractivity contribution >= 4 is 0 Å². The van der Waals surface area contributed by atoms with Crippen LogP contribution in [0.1, 0.15) is 12.0 Å². The van der Waals surface area contributed by atoms with Crippen LogP contribution in [-0.4, -0.2) is 11.7 Å². The fourth-order valence-corrected chi connectivity index (χ4v) is 0.866. The Morgan fingerprint density at radius 1 is 1.29 bits per heavy atom. The molecular weight excluding hydrogens is 188 g/mol. The van der Waals surface area contributed by atoms with Crippen LogP contribution in [0.15, 0.2) is 12.1 Å². The predicted octanol–water partition coefficient (Wildman–Crippen LogP) is 1.37. The summed E-state index contributed by atoms with van der Waals surface area (Å²) >= 11 is 0. The van der Waals surface area contributed by atoms with Crippen molar-refractivity contribution in [2.24, 2.45) is 5.73 Å². The van der Waals surface area contributed by atoms with E-state index in [9.17, 15) is 13.9 Å². The van der Waals surface area contributed by atoms with Gasteiger partial charge in [-0.25, -0.2) is 8.78 Å². The van der Waals surface area contributed by atoms with E-state index >= 15 is 0 Å². The van der Waals surface area contributed by atoms with E-state index in [0.29, 0.717) is 19.0 Å². The van der Waals surface area contributed by atoms with E-state index in [2.05, 4.69) is 11.8 Å². The smallest absolute Gasteiger partial charge is 0.162 e. The van der Waals surface area contributed by atoms with Crippen LogP contribution in [0, 0.1) is 23.5 Å². The predicted molar refractivity (Wildman–Crippen MR) is 48.6 cm³/mol. The zero-order chi connectivity index (χ0) is 10.6. The second-order valence-corrected chi connectivity index (χ2v) is 2.62. The standard InChI is InChI=1S/C10H9F2NO/c11-8-5-7(3-1-2-4-13)10(14)6-9(8)12/h5-6,14H,2,4,13H2. The van der Waals surface area contributed by atoms with Crippen LogP contribution >= 0.6 is 0 Å². The monoisotopic (exact) mass is 197 g/mol. The van der Waals surface area contributed by atoms with E-state index in [1.165, 1.54) is 0 Å². The number of halogens is 2. The summed E-state index contributed by atoms with van der Waals surface area (Å²) in [5.41, 5.74) is 5.25. The van der Waals surface area contributed by atoms with Gasteiger partial charge in [-0.1, -0.05) is 11.8 Å². The first-order valence-corrected chi connectivity index (χ1v) is 4.02. The first-order chi connectivity index (χ1) is 6.65. The van der Waals surface area contributed by atoms with Gasteiger partial charge in [0.1, 0.15) is 5.75 Å². The van der Waals surface area contributed by atoms with Gasteiger partial charge in [0.2, 0.25) is 0 Å². The van der Waals surface area contributed by atoms with E-state index in [-0.39, 0.29) is 11.3 Å². The summed E-state index contributed by atoms with van der Waals surface area (Å²) in [4.78, 5) is 0. The molecule has 1 aromatic rings. The highest BCUT2D eigenvalue weighted by atomic mass is 19.2. The van der Waals surface area contributed by atoms with Crippen molar-refractivity contribution < 1.29 is 13.9 Å². The third-order valence-corrected chi connectivity index (χ3v) is 1.53. The van der Waals surface area contributed by atoms with Crippen LogP contribution in [0.4, 0.5) is 8.78 Å². The summed E-state index contributed by atoms with van der Waals surface area (Å²) < 4.78 is 25.2. The van der Waals surface area contributed by atoms with Crippen LogP contribution < -0.4 is 5.73 Å². The summed E-state index contributed by atoms with van der Waals surface area (Å²) in [6, 6.07) is 1.55. The van der Waals surface area contributed by atoms with Crippen molar-refractivity contribution in [1.29, 1.82) is 0 Å². The van der Waals surface area contributed by atoms with Gasteiger partial charge in [-0.2, -0.15) is 0 Å². The average Bonchev–Trinajstić information content (AvgIpc) is 2.14. The molecule has 0 atom stereocenters. The van der Waals surface area contributed by atoms with Gasteiger partial charge in [-0.05, 0) is 6.07 Å². The Kier molecular flexibility index (Phi) is 3.43. The molecule has 0 fully saturated rings. The summed E-state index contributed by atoms with van der Waals surface area (Å²) in [7, 11) is 0. The third kappa shape index (κ3) is 2.44. The maximum Gasteiger partial charge on any atom is 0.162 e. The largest absolute Gasteiger partial charge is 0.507 e. The Hall–Kier alpha value is -1.60. The Balaban J connectivity index is 3.00. The molecule has 0 aliphatic carbocycles. The third-order valence-electron chi connectivity index (χ3n) is 1.53. The van der Waals surface area contributed by atoms with Crippen molar-refractivity contribution in [3.8, 4) is 17.6 Å². The second kappa shape index (κ2) is 4.58. The SMILES string of the molecule is NCCC#Cc1cc(F)c(F)cc1O. The topological polar surface area (TPSA) is 46.2 Å². The molecule has 0 saturated heterocycles. The van der Waals surface area contributed by atoms with E-state index in [0.717, 1.165) is 6.07 Å². The molecule has 2 nitrogen and oxygen atoms in total. The van der Waals surface area contributed by atoms with E-state index in [1.54, 1.807) is 0 Å². The first-order valence-electron chi connectivity index (χ1n) is 4.02. The number of benzene rings is 1. The van der Waals surface area contributed by atoms with Gasteiger partial charge in [-0.3, -0.25) is 0 Å². The van der Waals surface area contributed by atoms with E-state index in [4.69, 9.17) is 5.73 Å². The highest BCUT2D eigenvalue weighted by Crippen LogP contribution is 2.19. The molecule has 0 aliphatic rings. The average molecular weight is 197 g/mol. The minimum atomic E-state index is -1.09. The number of hydrogen-bond acceptors (Lipinski definition) is 2. The zero-order valence-electron chi connectivity index (χ0n) is 7.35. The van der Waals surface area contributed by atoms with E-state index in [1.807, 2.05) is 0 Å². The summed E-state index contributed by atoms with van der Waals surface area (Å²) in [6.07, 6.45) is 0.443. The maximum absolute atomic E-state index is 12.7. The molecule has 0 amide bonds. The first kappa shape index (κ1) is 10.5. The lowest BCUT2D eigenvalue weighted by Gasteiger charge is -1.97. The lowest BCUT2D eigenvalue weighted by Crippen LogP contribution is -1.95. The molecule has 74 valence electrons. The molecule has 1 aromatic carbocycles. The molecule has 0 spiro atoms. The van der Waals surface area contributed by atoms with Crippen molar-refractivity contribution in [3.63, 3.8) is 0 Å². The molecule has 0 unspecified atom stereocenters. The molecule has 14 heavy (non-hydrogen) atoms. The van der Waals surface area contributed by atoms with Crippen LogP contribution in [-0.2, 0) is 0 Å². The number of phenols is 1. The van der Waals surface area contributed by atoms with Crippen molar-refractivity contribution in [1.82, 2.24) is 0 Å². The fourth-order valence-electron chi connectivity index (χ4n) is 0.866. The minimum Gasteiger partial charge on any atom is -0.507 e. The number of nitrogens with two attached hydrogens (primary N) is 1. The molecule has 3 N–H and O–H groups in total. The zero-order valence-corrected chi connectivity index (χ0v) is 7.35. The molecule has 0 bridgehead atoms. The Morgan fingerprint density at radius 3 is 2.57 bits per heavy atom. The molecule has 0 heterocycles. The molecule has 0 saturated carbocycles. The maximum atomic E-state index is 12.7. The van der Waals surface area contributed by atoms with Gasteiger partial charge in [0.15, 0.2) is 11.6 Å². The Bertz CT molecular complexity index is 393. The minimum absolute atomic E-state index is 0.0670. The van der Waals surface area contributed by atoms with Crippen LogP contribution in [0.25, 0.3) is 0 Å². The Labute approximate surface area is 80.4 Å². The normalized spacial score (nSPS) is 9.36. The molecule has 0 aliphatic heterocycles. The second-order valence-electron chi connectivity index (χ2n) is 2.62. The summed E-state index contributed by atoms with van der Waals surface area (Å²) in [6.45, 7) is 0.386. The van der Waals surface area contributed by atoms with Gasteiger partial charge >= 0.3 is 0 Å². The van der Waals surface area contributed by atoms with Gasteiger partial charge in [0, 0.05) is 19.0 Å². The highest BCUT2D eigenvalue weighted by Gasteiger charge is 2.06. The molecule has 4 heteroatoms. The van der Waals surface area contributed by atoms with Gasteiger partial charge in [0.05, 0.1) is 5.56 Å². The van der Waals surface area contributed by atoms with Crippen LogP contribution in [0.2, 0.25) is 0 Å². The summed E-state index contributed by atoms with van der Waals surface area (Å²) in [5.74, 6) is 2.62. The van der Waals surface area contributed by atoms with Crippen LogP contribution in [0.3, 0.4) is 0 Å². The van der Waals surface area contributed by atoms with Crippen LogP contribution in [0.5, 0.6) is 5.75 Å². The van der Waals surface area contributed by atoms with E-state index < -0.39 is 11.6 Å². The van der Waals surface area contributed by atoms with Crippen molar-refractivity contribution in [2.75, 3.05) is 6.54 Å². The number of phenolic OH excluding ortho intramolecular Hbond substituents is 1. The van der Waals surface area contributed by atoms with Gasteiger partial charge in [0.25, 0.3) is 0 Å². The summed E-state index contributed by atoms with van der Waals surface area (Å²) in [5, 5.41) is 9.17. The quantitative estimate of drug-likeness (QED) is 0.668. The highest BCUT2D eigenvalue weighted by molar-refractivity contribution is 5.45. The number of aromatic hydroxyl groups is 1. The number of rotatable bonds is 1. The molecule has 1 rings (SSSR count). The Morgan fingerprint density at radius 2 is 1.93 bits per heavy atom. The lowest BCUT2D eigenvalue weighted by atomic mass is 10.2. The number of hydrogen-bond donors (Lipinski definition) is 2. The van der Waals surface area contributed by atoms with Crippen molar-refractivity contribution in [3.05, 3.63) is 29.3 Å². The fraction of sp³-hybridized carbons (Fsp3) is 0.200. The van der Waals surface area contributed by atoms with Gasteiger partial charge in [-0.15, -0.1) is 0 Å². The van der Waals surface area contributed by atoms with Crippen molar-refractivity contribution in [2.45, 2.75) is 6.42 Å². The van der Waals surface area contributed by atoms with Gasteiger partial charge < -0.3 is 10.8 Å². The molecule has 0 aromatic heterocycles. The molecule has 0 radical (unpaired) electrons. The molecular formula is C10H9F2NO. The lowest BCUT2D eigenvalue weighted by molar-refractivity contribution is 0.453.